The summed E-state index contributed by atoms with van der Waals surface area (Å²) in [5, 5.41) is 253. The molecule has 0 unspecified atom stereocenters. The number of rotatable bonds is 13. The van der Waals surface area contributed by atoms with Crippen LogP contribution in [0.15, 0.2) is 224 Å². The summed E-state index contributed by atoms with van der Waals surface area (Å²) in [6, 6.07) is 49.1. The molecule has 12 aromatic carbocycles. The quantitative estimate of drug-likeness (QED) is 0.0221. The summed E-state index contributed by atoms with van der Waals surface area (Å²) in [5.74, 6) is -19.7. The van der Waals surface area contributed by atoms with Gasteiger partial charge in [0.2, 0.25) is 10.9 Å². The number of ether oxygens (including phenoxy) is 1. The summed E-state index contributed by atoms with van der Waals surface area (Å²) in [7, 11) is 0. The molecule has 0 aliphatic heterocycles. The first-order valence-corrected chi connectivity index (χ1v) is 35.8. The van der Waals surface area contributed by atoms with Gasteiger partial charge in [0.1, 0.15) is 119 Å². The van der Waals surface area contributed by atoms with Crippen molar-refractivity contribution < 1.29 is 206 Å². The van der Waals surface area contributed by atoms with Crippen molar-refractivity contribution in [3.63, 3.8) is 0 Å². The van der Waals surface area contributed by atoms with Gasteiger partial charge in [0, 0.05) is 47.8 Å². The molecule has 0 heterocycles. The molecule has 0 aliphatic carbocycles. The predicted molar refractivity (Wildman–Crippen MR) is 461 cm³/mol. The van der Waals surface area contributed by atoms with Crippen molar-refractivity contribution in [1.29, 1.82) is 0 Å². The van der Waals surface area contributed by atoms with E-state index in [4.69, 9.17) is 182 Å². The topological polar surface area (TPSA) is 862 Å². The van der Waals surface area contributed by atoms with Gasteiger partial charge in [0.25, 0.3) is 0 Å². The maximum atomic E-state index is 10.6. The number of carbonyl (C=O) groups is 11. The van der Waals surface area contributed by atoms with Gasteiger partial charge in [0.05, 0.1) is 28.4 Å². The monoisotopic (exact) mass is 1860 g/mol. The third kappa shape index (κ3) is 37.7. The van der Waals surface area contributed by atoms with E-state index < -0.39 is 139 Å². The van der Waals surface area contributed by atoms with Gasteiger partial charge in [-0.25, -0.2) is 47.9 Å². The molecular weight excluding hydrogens is 1790 g/mol. The summed E-state index contributed by atoms with van der Waals surface area (Å²) in [4.78, 5) is 114. The van der Waals surface area contributed by atoms with E-state index in [0.717, 1.165) is 60.7 Å². The van der Waals surface area contributed by atoms with E-state index in [-0.39, 0.29) is 107 Å². The molecule has 0 aliphatic rings. The molecule has 0 radical (unpaired) electrons. The van der Waals surface area contributed by atoms with Crippen LogP contribution in [-0.2, 0) is 0 Å². The Morgan fingerprint density at radius 3 is 1.00 bits per heavy atom. The number of carboxylic acids is 10. The summed E-state index contributed by atoms with van der Waals surface area (Å²) in [6.45, 7) is 2.29. The van der Waals surface area contributed by atoms with Gasteiger partial charge in [-0.15, -0.1) is 12.6 Å². The molecule has 35 N–H and O–H groups in total. The molecule has 692 valence electrons. The molecule has 0 saturated heterocycles. The number of benzene rings is 12. The van der Waals surface area contributed by atoms with Crippen molar-refractivity contribution in [2.75, 3.05) is 23.8 Å². The fourth-order valence-electron chi connectivity index (χ4n) is 8.56. The van der Waals surface area contributed by atoms with Crippen LogP contribution in [0.4, 0.5) is 17.1 Å². The molecule has 46 heteroatoms. The Labute approximate surface area is 744 Å². The minimum atomic E-state index is -1.45. The first-order valence-electron chi connectivity index (χ1n) is 34.9. The van der Waals surface area contributed by atoms with Crippen molar-refractivity contribution in [2.45, 2.75) is 6.92 Å². The van der Waals surface area contributed by atoms with Crippen LogP contribution in [0.1, 0.15) is 121 Å². The number of halogens is 1. The molecule has 44 nitrogen and oxygen atoms in total. The molecule has 0 atom stereocenters. The molecule has 12 rings (SSSR count). The number of para-hydroxylation sites is 5. The zero-order chi connectivity index (χ0) is 100. The number of carboxylic acid groups (broad SMARTS) is 10. The number of nitrogen functional groups attached to an aromatic ring is 3. The van der Waals surface area contributed by atoms with E-state index in [2.05, 4.69) is 12.6 Å². The van der Waals surface area contributed by atoms with E-state index in [1.807, 2.05) is 6.92 Å². The van der Waals surface area contributed by atoms with E-state index in [0.29, 0.717) is 23.7 Å². The normalized spacial score (nSPS) is 9.46. The molecule has 131 heavy (non-hydrogen) atoms. The number of hydrogen-bond donors (Lipinski definition) is 33. The number of aromatic carboxylic acids is 10. The van der Waals surface area contributed by atoms with Crippen molar-refractivity contribution in [3.8, 4) is 115 Å². The highest BCUT2D eigenvalue weighted by Gasteiger charge is 2.20. The molecule has 12 aromatic rings. The standard InChI is InChI=1S/C9H10O3.C7H5ClO2.3C7H7NO3.3C7H6O5.2C7H6O4.C7H6O2S.C6H6O2/c1-2-12-8-6-4-3-5-7(8)9(10)11;8-6-4-2-1-3-5(6)7(9)10;8-4-1-2-6(9)5(3-4)7(10)11;8-4-1-2-5(7(10)11)6(9)3-4;8-5-3-1-2-4(6(5)9)7(10)11;8-4-2-6(10)5(9)1-3(4)7(11)12;8-3-1-4(9)6(7(11)12)5(10)2-3;8-4-2-1-3(7(11)12)5(9)6(4)10;8-4-1-2-6(9)5(3-4)7(10)11;8-4-1-2-5(7(10)11)6(9)3-4;8-6-4-2-1-3-5(6)7(9)10;7-5-3-1-2-4-6(5)8/h3-6H,2H2,1H3,(H,10,11);1-4H,(H,9,10);3*1-3,9H,8H2,(H,10,11);3*1-2,8-10H,(H,11,12);2*1-3,8-9H,(H,10,11);1-4,8H,(H,9,10);1-4,7-8H. The first-order chi connectivity index (χ1) is 61.1. The Bertz CT molecular complexity index is 5800. The number of anilines is 3. The van der Waals surface area contributed by atoms with Crippen LogP contribution in [0, 0.1) is 0 Å². The second-order valence-electron chi connectivity index (χ2n) is 24.0. The SMILES string of the molecule is CCOc1ccccc1C(=O)O.Nc1ccc(C(=O)O)c(O)c1.Nc1ccc(O)c(C(=O)O)c1.Nc1cccc(C(=O)O)c1O.O=C(O)c1c(O)cc(O)cc1O.O=C(O)c1cc(O)c(O)cc1O.O=C(O)c1cc(O)ccc1O.O=C(O)c1ccc(O)c(O)c1O.O=C(O)c1ccc(O)cc1O.O=C(O)c1ccccc1Cl.O=C(S)c1ccccc1O.Oc1ccccc1O. The van der Waals surface area contributed by atoms with Crippen LogP contribution in [-0.4, -0.2) is 220 Å². The average molecular weight is 1870 g/mol. The van der Waals surface area contributed by atoms with Gasteiger partial charge in [-0.05, 0) is 140 Å². The number of nitrogens with two attached hydrogens (primary N) is 3. The number of phenols is 19. The highest BCUT2D eigenvalue weighted by Crippen LogP contribution is 2.38. The molecule has 0 aromatic heterocycles. The molecular formula is C85H78ClN3O41S. The number of thiol groups is 1. The summed E-state index contributed by atoms with van der Waals surface area (Å²) >= 11 is 9.10. The third-order valence-corrected chi connectivity index (χ3v) is 15.3. The van der Waals surface area contributed by atoms with Gasteiger partial charge in [-0.2, -0.15) is 0 Å². The van der Waals surface area contributed by atoms with Crippen LogP contribution in [0.5, 0.6) is 115 Å². The van der Waals surface area contributed by atoms with Crippen molar-refractivity contribution in [1.82, 2.24) is 0 Å². The molecule has 0 saturated carbocycles. The zero-order valence-electron chi connectivity index (χ0n) is 66.5. The smallest absolute Gasteiger partial charge is 0.343 e. The number of carbonyl (C=O) groups excluding carboxylic acids is 1. The average Bonchev–Trinajstić information content (AvgIpc) is 0.827. The lowest BCUT2D eigenvalue weighted by molar-refractivity contribution is 0.0678. The van der Waals surface area contributed by atoms with E-state index >= 15 is 0 Å². The molecule has 0 amide bonds. The Kier molecular flexibility index (Phi) is 45.2. The summed E-state index contributed by atoms with van der Waals surface area (Å²) in [6.07, 6.45) is 0. The second kappa shape index (κ2) is 53.8. The van der Waals surface area contributed by atoms with Crippen LogP contribution < -0.4 is 21.9 Å². The van der Waals surface area contributed by atoms with Gasteiger partial charge >= 0.3 is 59.7 Å². The van der Waals surface area contributed by atoms with Crippen LogP contribution >= 0.6 is 24.2 Å². The number of hydrogen-bond acceptors (Lipinski definition) is 34. The lowest BCUT2D eigenvalue weighted by atomic mass is 10.1. The zero-order valence-corrected chi connectivity index (χ0v) is 68.1. The van der Waals surface area contributed by atoms with Crippen LogP contribution in [0.2, 0.25) is 5.02 Å². The fraction of sp³-hybridized carbons (Fsp3) is 0.0235. The highest BCUT2D eigenvalue weighted by molar-refractivity contribution is 7.97. The minimum Gasteiger partial charge on any atom is -0.508 e. The van der Waals surface area contributed by atoms with Crippen LogP contribution in [0.3, 0.4) is 0 Å². The summed E-state index contributed by atoms with van der Waals surface area (Å²) < 4.78 is 5.12. The van der Waals surface area contributed by atoms with Crippen molar-refractivity contribution in [3.05, 3.63) is 291 Å². The predicted octanol–water partition coefficient (Wildman–Crippen LogP) is 11.5. The van der Waals surface area contributed by atoms with E-state index in [1.165, 1.54) is 103 Å². The van der Waals surface area contributed by atoms with Gasteiger partial charge < -0.3 is 170 Å². The van der Waals surface area contributed by atoms with Gasteiger partial charge in [0.15, 0.2) is 40.2 Å². The third-order valence-electron chi connectivity index (χ3n) is 14.7. The molecule has 0 bridgehead atoms. The largest absolute Gasteiger partial charge is 0.508 e. The Hall–Kier alpha value is -18.9. The first kappa shape index (κ1) is 110. The molecule has 0 spiro atoms. The highest BCUT2D eigenvalue weighted by atomic mass is 35.5. The lowest BCUT2D eigenvalue weighted by Gasteiger charge is -2.05. The lowest BCUT2D eigenvalue weighted by Crippen LogP contribution is -2.01. The van der Waals surface area contributed by atoms with E-state index in [1.54, 1.807) is 60.7 Å². The number of aromatic hydroxyl groups is 19. The Morgan fingerprint density at radius 2 is 0.595 bits per heavy atom. The second-order valence-corrected chi connectivity index (χ2v) is 24.8. The molecule has 0 fully saturated rings. The minimum absolute atomic E-state index is 0.0255. The van der Waals surface area contributed by atoms with Crippen molar-refractivity contribution >= 4 is 106 Å². The summed E-state index contributed by atoms with van der Waals surface area (Å²) in [5.41, 5.74) is 14.6. The van der Waals surface area contributed by atoms with Gasteiger partial charge in [-0.1, -0.05) is 66.2 Å². The van der Waals surface area contributed by atoms with Crippen LogP contribution in [0.25, 0.3) is 0 Å². The van der Waals surface area contributed by atoms with E-state index in [9.17, 15) is 52.7 Å². The maximum Gasteiger partial charge on any atom is 0.343 e. The Morgan fingerprint density at radius 1 is 0.260 bits per heavy atom. The van der Waals surface area contributed by atoms with Gasteiger partial charge in [-0.3, -0.25) is 4.79 Å². The fourth-order valence-corrected chi connectivity index (χ4v) is 8.96. The number of phenolic OH excluding ortho intramolecular Hbond substituents is 10. The van der Waals surface area contributed by atoms with Crippen molar-refractivity contribution in [2.24, 2.45) is 0 Å². The Balaban J connectivity index is 0.000000715. The maximum absolute atomic E-state index is 10.6.